The normalized spacial score (nSPS) is 22.7. The van der Waals surface area contributed by atoms with Crippen LogP contribution in [0.4, 0.5) is 4.79 Å². The van der Waals surface area contributed by atoms with Gasteiger partial charge in [-0.15, -0.1) is 0 Å². The third-order valence-corrected chi connectivity index (χ3v) is 3.37. The maximum Gasteiger partial charge on any atom is 0.320 e. The zero-order valence-corrected chi connectivity index (χ0v) is 11.6. The topological polar surface area (TPSA) is 64.1 Å². The molecule has 1 aliphatic rings. The lowest BCUT2D eigenvalue weighted by atomic mass is 10.1. The molecule has 0 bridgehead atoms. The van der Waals surface area contributed by atoms with Gasteiger partial charge in [0.15, 0.2) is 0 Å². The van der Waals surface area contributed by atoms with Gasteiger partial charge in [0, 0.05) is 39.3 Å². The number of urea groups is 1. The molecule has 2 unspecified atom stereocenters. The molecule has 1 saturated heterocycles. The summed E-state index contributed by atoms with van der Waals surface area (Å²) in [6.45, 7) is 6.28. The monoisotopic (exact) mass is 257 g/mol. The van der Waals surface area contributed by atoms with Gasteiger partial charge < -0.3 is 19.8 Å². The molecular weight excluding hydrogens is 234 g/mol. The number of carbonyl (C=O) groups is 2. The minimum absolute atomic E-state index is 0.0799. The van der Waals surface area contributed by atoms with E-state index in [1.807, 2.05) is 18.9 Å². The fourth-order valence-electron chi connectivity index (χ4n) is 2.21. The Labute approximate surface area is 108 Å². The summed E-state index contributed by atoms with van der Waals surface area (Å²) in [5.41, 5.74) is 0. The van der Waals surface area contributed by atoms with E-state index in [1.54, 1.807) is 14.0 Å². The summed E-state index contributed by atoms with van der Waals surface area (Å²) in [7, 11) is 3.70. The first kappa shape index (κ1) is 14.8. The molecule has 6 nitrogen and oxygen atoms in total. The first-order chi connectivity index (χ1) is 8.32. The van der Waals surface area contributed by atoms with Gasteiger partial charge >= 0.3 is 12.0 Å². The number of aliphatic carboxylic acids is 1. The Morgan fingerprint density at radius 3 is 2.56 bits per heavy atom. The van der Waals surface area contributed by atoms with E-state index in [2.05, 4.69) is 4.90 Å². The number of piperazine rings is 1. The molecule has 104 valence electrons. The summed E-state index contributed by atoms with van der Waals surface area (Å²) in [5.74, 6) is -1.41. The van der Waals surface area contributed by atoms with E-state index in [1.165, 1.54) is 4.90 Å². The summed E-state index contributed by atoms with van der Waals surface area (Å²) in [6, 6.07) is 0.0857. The maximum atomic E-state index is 12.2. The van der Waals surface area contributed by atoms with E-state index in [0.717, 1.165) is 13.1 Å². The Morgan fingerprint density at radius 2 is 2.06 bits per heavy atom. The van der Waals surface area contributed by atoms with Crippen LogP contribution in [0.3, 0.4) is 0 Å². The molecule has 0 radical (unpaired) electrons. The van der Waals surface area contributed by atoms with E-state index < -0.39 is 11.9 Å². The molecule has 2 atom stereocenters. The third-order valence-electron chi connectivity index (χ3n) is 3.37. The molecule has 1 rings (SSSR count). The zero-order chi connectivity index (χ0) is 13.9. The van der Waals surface area contributed by atoms with Gasteiger partial charge in [-0.2, -0.15) is 0 Å². The van der Waals surface area contributed by atoms with Gasteiger partial charge in [0.1, 0.15) is 0 Å². The Morgan fingerprint density at radius 1 is 1.44 bits per heavy atom. The largest absolute Gasteiger partial charge is 0.481 e. The van der Waals surface area contributed by atoms with Crippen LogP contribution in [-0.2, 0) is 4.79 Å². The number of hydrogen-bond donors (Lipinski definition) is 1. The molecule has 0 aromatic heterocycles. The van der Waals surface area contributed by atoms with Gasteiger partial charge in [-0.1, -0.05) is 6.92 Å². The Balaban J connectivity index is 2.55. The standard InChI is InChI=1S/C12H23N3O3/c1-9(11(16)17)7-14(4)12(18)15-6-5-13(3)8-10(15)2/h9-10H,5-8H2,1-4H3,(H,16,17). The minimum atomic E-state index is -0.874. The second-order valence-corrected chi connectivity index (χ2v) is 5.21. The highest BCUT2D eigenvalue weighted by Crippen LogP contribution is 2.11. The molecule has 0 saturated carbocycles. The predicted molar refractivity (Wildman–Crippen MR) is 68.5 cm³/mol. The maximum absolute atomic E-state index is 12.2. The van der Waals surface area contributed by atoms with Crippen molar-refractivity contribution in [1.82, 2.24) is 14.7 Å². The fourth-order valence-corrected chi connectivity index (χ4v) is 2.21. The summed E-state index contributed by atoms with van der Waals surface area (Å²) in [4.78, 5) is 28.5. The van der Waals surface area contributed by atoms with Crippen LogP contribution in [0.2, 0.25) is 0 Å². The average Bonchev–Trinajstić information content (AvgIpc) is 2.27. The average molecular weight is 257 g/mol. The van der Waals surface area contributed by atoms with Gasteiger partial charge in [-0.25, -0.2) is 4.79 Å². The van der Waals surface area contributed by atoms with E-state index in [0.29, 0.717) is 6.54 Å². The quantitative estimate of drug-likeness (QED) is 0.794. The molecular formula is C12H23N3O3. The van der Waals surface area contributed by atoms with Crippen molar-refractivity contribution in [3.05, 3.63) is 0 Å². The van der Waals surface area contributed by atoms with Gasteiger partial charge in [-0.05, 0) is 14.0 Å². The van der Waals surface area contributed by atoms with Crippen LogP contribution in [-0.4, -0.2) is 78.1 Å². The molecule has 0 aliphatic carbocycles. The number of amides is 2. The van der Waals surface area contributed by atoms with Crippen molar-refractivity contribution in [2.75, 3.05) is 40.3 Å². The highest BCUT2D eigenvalue weighted by molar-refractivity contribution is 5.76. The molecule has 6 heteroatoms. The number of carboxylic acids is 1. The molecule has 1 N–H and O–H groups in total. The third kappa shape index (κ3) is 3.60. The number of carbonyl (C=O) groups excluding carboxylic acids is 1. The van der Waals surface area contributed by atoms with Crippen LogP contribution in [0.5, 0.6) is 0 Å². The molecule has 18 heavy (non-hydrogen) atoms. The SMILES string of the molecule is CC(CN(C)C(=O)N1CCN(C)CC1C)C(=O)O. The second kappa shape index (κ2) is 6.04. The lowest BCUT2D eigenvalue weighted by Gasteiger charge is -2.40. The molecule has 0 spiro atoms. The summed E-state index contributed by atoms with van der Waals surface area (Å²) >= 11 is 0. The van der Waals surface area contributed by atoms with Gasteiger partial charge in [-0.3, -0.25) is 4.79 Å². The molecule has 0 aromatic rings. The van der Waals surface area contributed by atoms with Crippen LogP contribution in [0, 0.1) is 5.92 Å². The van der Waals surface area contributed by atoms with E-state index in [4.69, 9.17) is 5.11 Å². The van der Waals surface area contributed by atoms with Gasteiger partial charge in [0.2, 0.25) is 0 Å². The number of nitrogens with zero attached hydrogens (tertiary/aromatic N) is 3. The highest BCUT2D eigenvalue weighted by Gasteiger charge is 2.28. The van der Waals surface area contributed by atoms with Crippen molar-refractivity contribution >= 4 is 12.0 Å². The summed E-state index contributed by atoms with van der Waals surface area (Å²) in [5, 5.41) is 8.85. The fraction of sp³-hybridized carbons (Fsp3) is 0.833. The van der Waals surface area contributed by atoms with Crippen molar-refractivity contribution in [2.24, 2.45) is 5.92 Å². The number of hydrogen-bond acceptors (Lipinski definition) is 3. The van der Waals surface area contributed by atoms with Gasteiger partial charge in [0.05, 0.1) is 5.92 Å². The first-order valence-electron chi connectivity index (χ1n) is 6.26. The summed E-state index contributed by atoms with van der Waals surface area (Å²) in [6.07, 6.45) is 0. The van der Waals surface area contributed by atoms with Crippen molar-refractivity contribution in [3.63, 3.8) is 0 Å². The van der Waals surface area contributed by atoms with Crippen LogP contribution < -0.4 is 0 Å². The van der Waals surface area contributed by atoms with Crippen molar-refractivity contribution in [3.8, 4) is 0 Å². The molecule has 2 amide bonds. The predicted octanol–water partition coefficient (Wildman–Crippen LogP) is 0.395. The van der Waals surface area contributed by atoms with Gasteiger partial charge in [0.25, 0.3) is 0 Å². The number of rotatable bonds is 3. The van der Waals surface area contributed by atoms with E-state index in [9.17, 15) is 9.59 Å². The Hall–Kier alpha value is -1.30. The van der Waals surface area contributed by atoms with Crippen LogP contribution in [0.25, 0.3) is 0 Å². The Kier molecular flexibility index (Phi) is 4.95. The first-order valence-corrected chi connectivity index (χ1v) is 6.26. The lowest BCUT2D eigenvalue weighted by Crippen LogP contribution is -2.56. The zero-order valence-electron chi connectivity index (χ0n) is 11.6. The lowest BCUT2D eigenvalue weighted by molar-refractivity contribution is -0.141. The smallest absolute Gasteiger partial charge is 0.320 e. The number of carboxylic acid groups (broad SMARTS) is 1. The minimum Gasteiger partial charge on any atom is -0.481 e. The number of likely N-dealkylation sites (N-methyl/N-ethyl adjacent to an activating group) is 1. The van der Waals surface area contributed by atoms with Crippen molar-refractivity contribution in [1.29, 1.82) is 0 Å². The molecule has 0 aromatic carbocycles. The highest BCUT2D eigenvalue weighted by atomic mass is 16.4. The van der Waals surface area contributed by atoms with Crippen LogP contribution in [0.1, 0.15) is 13.8 Å². The van der Waals surface area contributed by atoms with Crippen molar-refractivity contribution in [2.45, 2.75) is 19.9 Å². The Bertz CT molecular complexity index is 322. The van der Waals surface area contributed by atoms with E-state index in [-0.39, 0.29) is 18.6 Å². The van der Waals surface area contributed by atoms with E-state index >= 15 is 0 Å². The van der Waals surface area contributed by atoms with Crippen LogP contribution in [0.15, 0.2) is 0 Å². The van der Waals surface area contributed by atoms with Crippen LogP contribution >= 0.6 is 0 Å². The van der Waals surface area contributed by atoms with Crippen molar-refractivity contribution < 1.29 is 14.7 Å². The molecule has 1 fully saturated rings. The molecule has 1 aliphatic heterocycles. The second-order valence-electron chi connectivity index (χ2n) is 5.21. The molecule has 1 heterocycles. The summed E-state index contributed by atoms with van der Waals surface area (Å²) < 4.78 is 0.